The van der Waals surface area contributed by atoms with Crippen molar-refractivity contribution in [2.45, 2.75) is 39.7 Å². The zero-order chi connectivity index (χ0) is 13.8. The summed E-state index contributed by atoms with van der Waals surface area (Å²) in [5, 5.41) is 5.81. The molecule has 100 valence electrons. The molecule has 0 fully saturated rings. The number of nitrogens with one attached hydrogen (secondary N) is 2. The summed E-state index contributed by atoms with van der Waals surface area (Å²) in [5.41, 5.74) is -0.135. The number of hydrogen-bond acceptors (Lipinski definition) is 3. The van der Waals surface area contributed by atoms with Gasteiger partial charge in [-0.25, -0.2) is 9.37 Å². The number of nitrogens with zero attached hydrogens (tertiary/aromatic N) is 1. The van der Waals surface area contributed by atoms with Crippen LogP contribution in [0.5, 0.6) is 0 Å². The predicted octanol–water partition coefficient (Wildman–Crippen LogP) is 2.57. The fraction of sp³-hybridized carbons (Fsp3) is 0.538. The van der Waals surface area contributed by atoms with E-state index in [1.54, 1.807) is 0 Å². The van der Waals surface area contributed by atoms with Crippen LogP contribution in [-0.2, 0) is 0 Å². The molecule has 1 amide bonds. The Kier molecular flexibility index (Phi) is 4.64. The second kappa shape index (κ2) is 5.80. The number of halogens is 1. The summed E-state index contributed by atoms with van der Waals surface area (Å²) in [6.07, 6.45) is 2.01. The average molecular weight is 253 g/mol. The summed E-state index contributed by atoms with van der Waals surface area (Å²) in [6.45, 7) is 8.31. The molecule has 1 heterocycles. The Morgan fingerprint density at radius 1 is 1.44 bits per heavy atom. The molecule has 4 nitrogen and oxygen atoms in total. The first-order chi connectivity index (χ1) is 8.33. The smallest absolute Gasteiger partial charge is 0.255 e. The number of hydrogen-bond donors (Lipinski definition) is 2. The van der Waals surface area contributed by atoms with Crippen molar-refractivity contribution in [2.24, 2.45) is 0 Å². The maximum absolute atomic E-state index is 13.2. The van der Waals surface area contributed by atoms with Crippen molar-refractivity contribution in [2.75, 3.05) is 11.9 Å². The van der Waals surface area contributed by atoms with E-state index in [0.717, 1.165) is 12.6 Å². The zero-order valence-electron chi connectivity index (χ0n) is 11.3. The van der Waals surface area contributed by atoms with Gasteiger partial charge in [-0.05, 0) is 33.3 Å². The van der Waals surface area contributed by atoms with E-state index >= 15 is 0 Å². The quantitative estimate of drug-likeness (QED) is 0.867. The highest BCUT2D eigenvalue weighted by atomic mass is 19.1. The maximum atomic E-state index is 13.2. The fourth-order valence-corrected chi connectivity index (χ4v) is 1.40. The monoisotopic (exact) mass is 253 g/mol. The van der Waals surface area contributed by atoms with Gasteiger partial charge < -0.3 is 10.6 Å². The van der Waals surface area contributed by atoms with Gasteiger partial charge in [0.15, 0.2) is 0 Å². The Hall–Kier alpha value is -1.65. The minimum Gasteiger partial charge on any atom is -0.369 e. The van der Waals surface area contributed by atoms with Crippen LogP contribution in [0.1, 0.15) is 44.5 Å². The van der Waals surface area contributed by atoms with Gasteiger partial charge in [0.2, 0.25) is 0 Å². The Labute approximate surface area is 107 Å². The number of anilines is 1. The molecule has 0 aliphatic carbocycles. The molecule has 0 saturated heterocycles. The Bertz CT molecular complexity index is 427. The molecule has 0 saturated carbocycles. The number of carbonyl (C=O) groups excluding carboxylic acids is 1. The molecule has 0 spiro atoms. The highest BCUT2D eigenvalue weighted by Crippen LogP contribution is 2.15. The highest BCUT2D eigenvalue weighted by molar-refractivity contribution is 5.99. The number of rotatable bonds is 4. The molecule has 18 heavy (non-hydrogen) atoms. The van der Waals surface area contributed by atoms with Gasteiger partial charge in [-0.2, -0.15) is 0 Å². The van der Waals surface area contributed by atoms with Crippen LogP contribution in [0.4, 0.5) is 10.2 Å². The molecule has 1 aromatic heterocycles. The predicted molar refractivity (Wildman–Crippen MR) is 70.2 cm³/mol. The summed E-state index contributed by atoms with van der Waals surface area (Å²) in [6, 6.07) is 1.20. The Balaban J connectivity index is 2.97. The molecule has 2 N–H and O–H groups in total. The standard InChI is InChI=1S/C13H20FN3O/c1-5-6-15-11-10(7-9(14)8-16-11)12(18)17-13(2,3)4/h7-8H,5-6H2,1-4H3,(H,15,16)(H,17,18). The maximum Gasteiger partial charge on any atom is 0.255 e. The summed E-state index contributed by atoms with van der Waals surface area (Å²) >= 11 is 0. The SMILES string of the molecule is CCCNc1ncc(F)cc1C(=O)NC(C)(C)C. The van der Waals surface area contributed by atoms with Gasteiger partial charge in [-0.15, -0.1) is 0 Å². The lowest BCUT2D eigenvalue weighted by molar-refractivity contribution is 0.0919. The second-order valence-corrected chi connectivity index (χ2v) is 5.18. The molecule has 0 aromatic carbocycles. The van der Waals surface area contributed by atoms with Crippen molar-refractivity contribution in [3.63, 3.8) is 0 Å². The average Bonchev–Trinajstić information content (AvgIpc) is 2.25. The van der Waals surface area contributed by atoms with Gasteiger partial charge in [0.25, 0.3) is 5.91 Å². The number of amides is 1. The van der Waals surface area contributed by atoms with Gasteiger partial charge in [-0.1, -0.05) is 6.92 Å². The molecular formula is C13H20FN3O. The molecule has 0 aliphatic heterocycles. The molecular weight excluding hydrogens is 233 g/mol. The van der Waals surface area contributed by atoms with Crippen molar-refractivity contribution in [3.8, 4) is 0 Å². The van der Waals surface area contributed by atoms with Crippen LogP contribution < -0.4 is 10.6 Å². The number of aromatic nitrogens is 1. The number of pyridine rings is 1. The minimum atomic E-state index is -0.517. The lowest BCUT2D eigenvalue weighted by atomic mass is 10.1. The topological polar surface area (TPSA) is 54.0 Å². The molecule has 0 atom stereocenters. The Morgan fingerprint density at radius 2 is 2.11 bits per heavy atom. The first-order valence-corrected chi connectivity index (χ1v) is 6.05. The highest BCUT2D eigenvalue weighted by Gasteiger charge is 2.19. The second-order valence-electron chi connectivity index (χ2n) is 5.18. The molecule has 5 heteroatoms. The normalized spacial score (nSPS) is 11.2. The fourth-order valence-electron chi connectivity index (χ4n) is 1.40. The van der Waals surface area contributed by atoms with Crippen molar-refractivity contribution in [3.05, 3.63) is 23.6 Å². The minimum absolute atomic E-state index is 0.235. The summed E-state index contributed by atoms with van der Waals surface area (Å²) in [7, 11) is 0. The molecule has 0 radical (unpaired) electrons. The lowest BCUT2D eigenvalue weighted by Gasteiger charge is -2.21. The van der Waals surface area contributed by atoms with Gasteiger partial charge in [-0.3, -0.25) is 4.79 Å². The van der Waals surface area contributed by atoms with Gasteiger partial charge in [0, 0.05) is 12.1 Å². The molecule has 1 rings (SSSR count). The van der Waals surface area contributed by atoms with Crippen molar-refractivity contribution in [1.29, 1.82) is 0 Å². The third-order valence-corrected chi connectivity index (χ3v) is 2.13. The van der Waals surface area contributed by atoms with Crippen LogP contribution in [0.3, 0.4) is 0 Å². The van der Waals surface area contributed by atoms with Gasteiger partial charge in [0.1, 0.15) is 11.6 Å². The van der Waals surface area contributed by atoms with Crippen molar-refractivity contribution in [1.82, 2.24) is 10.3 Å². The van der Waals surface area contributed by atoms with E-state index in [1.807, 2.05) is 27.7 Å². The first-order valence-electron chi connectivity index (χ1n) is 6.05. The van der Waals surface area contributed by atoms with E-state index in [0.29, 0.717) is 12.4 Å². The van der Waals surface area contributed by atoms with E-state index in [9.17, 15) is 9.18 Å². The van der Waals surface area contributed by atoms with Crippen LogP contribution in [0, 0.1) is 5.82 Å². The van der Waals surface area contributed by atoms with Gasteiger partial charge >= 0.3 is 0 Å². The Morgan fingerprint density at radius 3 is 2.67 bits per heavy atom. The third-order valence-electron chi connectivity index (χ3n) is 2.13. The zero-order valence-corrected chi connectivity index (χ0v) is 11.3. The van der Waals surface area contributed by atoms with Crippen LogP contribution in [0.25, 0.3) is 0 Å². The van der Waals surface area contributed by atoms with Crippen LogP contribution in [0.2, 0.25) is 0 Å². The van der Waals surface area contributed by atoms with E-state index in [4.69, 9.17) is 0 Å². The lowest BCUT2D eigenvalue weighted by Crippen LogP contribution is -2.41. The van der Waals surface area contributed by atoms with Crippen LogP contribution in [-0.4, -0.2) is 23.0 Å². The van der Waals surface area contributed by atoms with E-state index in [2.05, 4.69) is 15.6 Å². The largest absolute Gasteiger partial charge is 0.369 e. The van der Waals surface area contributed by atoms with E-state index in [1.165, 1.54) is 6.07 Å². The first kappa shape index (κ1) is 14.4. The number of carbonyl (C=O) groups is 1. The summed E-state index contributed by atoms with van der Waals surface area (Å²) in [4.78, 5) is 16.0. The van der Waals surface area contributed by atoms with Crippen LogP contribution >= 0.6 is 0 Å². The summed E-state index contributed by atoms with van der Waals surface area (Å²) < 4.78 is 13.2. The third kappa shape index (κ3) is 4.31. The van der Waals surface area contributed by atoms with Crippen molar-refractivity contribution >= 4 is 11.7 Å². The van der Waals surface area contributed by atoms with E-state index in [-0.39, 0.29) is 17.0 Å². The summed E-state index contributed by atoms with van der Waals surface area (Å²) in [5.74, 6) is -0.427. The molecule has 1 aromatic rings. The molecule has 0 unspecified atom stereocenters. The molecule has 0 aliphatic rings. The van der Waals surface area contributed by atoms with Crippen LogP contribution in [0.15, 0.2) is 12.3 Å². The van der Waals surface area contributed by atoms with Gasteiger partial charge in [0.05, 0.1) is 11.8 Å². The molecule has 0 bridgehead atoms. The van der Waals surface area contributed by atoms with Crippen molar-refractivity contribution < 1.29 is 9.18 Å². The van der Waals surface area contributed by atoms with E-state index < -0.39 is 5.82 Å².